The number of nitrogens with two attached hydrogens (primary N) is 4. The second kappa shape index (κ2) is 19.6. The van der Waals surface area contributed by atoms with Crippen molar-refractivity contribution in [3.63, 3.8) is 0 Å². The lowest BCUT2D eigenvalue weighted by Crippen LogP contribution is -2.56. The Kier molecular flexibility index (Phi) is 17.6. The number of hydrogen-bond acceptors (Lipinski definition) is 8. The standard InChI is InChI=1S/C21H41N11O5/c1-13(29-18(34)14(23)7-6-11-27-21(24)25)17(33)30-15(8-2-4-10-22)19(35)31-16(20(36)37)9-3-5-12-28-32-26/h13-16H,2-12,22-23H2,1H3,(H,29,34)(H,30,33)(H,31,35)(H,36,37)(H4,24,25,27)/t13-,14-,15-,16-/m0/s1. The Morgan fingerprint density at radius 3 is 2.08 bits per heavy atom. The van der Waals surface area contributed by atoms with E-state index in [1.54, 1.807) is 0 Å². The van der Waals surface area contributed by atoms with Crippen LogP contribution < -0.4 is 38.9 Å². The van der Waals surface area contributed by atoms with Gasteiger partial charge in [0, 0.05) is 18.0 Å². The predicted molar refractivity (Wildman–Crippen MR) is 138 cm³/mol. The summed E-state index contributed by atoms with van der Waals surface area (Å²) in [5.74, 6) is -3.13. The summed E-state index contributed by atoms with van der Waals surface area (Å²) in [6.07, 6.45) is 3.10. The Morgan fingerprint density at radius 2 is 1.49 bits per heavy atom. The van der Waals surface area contributed by atoms with Crippen molar-refractivity contribution in [1.82, 2.24) is 16.0 Å². The van der Waals surface area contributed by atoms with E-state index in [9.17, 15) is 24.3 Å². The number of rotatable bonds is 20. The molecule has 4 atom stereocenters. The molecule has 0 bridgehead atoms. The zero-order valence-electron chi connectivity index (χ0n) is 21.3. The van der Waals surface area contributed by atoms with E-state index in [0.29, 0.717) is 51.6 Å². The van der Waals surface area contributed by atoms with Gasteiger partial charge in [0.2, 0.25) is 17.7 Å². The van der Waals surface area contributed by atoms with Gasteiger partial charge in [-0.25, -0.2) is 4.79 Å². The van der Waals surface area contributed by atoms with Gasteiger partial charge in [-0.3, -0.25) is 19.4 Å². The van der Waals surface area contributed by atoms with Gasteiger partial charge in [0.15, 0.2) is 5.96 Å². The highest BCUT2D eigenvalue weighted by atomic mass is 16.4. The second-order valence-electron chi connectivity index (χ2n) is 8.48. The van der Waals surface area contributed by atoms with Crippen molar-refractivity contribution in [3.05, 3.63) is 10.4 Å². The fourth-order valence-electron chi connectivity index (χ4n) is 3.20. The molecule has 0 unspecified atom stereocenters. The van der Waals surface area contributed by atoms with E-state index in [0.717, 1.165) is 0 Å². The van der Waals surface area contributed by atoms with Crippen LogP contribution in [0.25, 0.3) is 10.4 Å². The maximum atomic E-state index is 12.8. The van der Waals surface area contributed by atoms with Crippen LogP contribution in [-0.4, -0.2) is 78.6 Å². The highest BCUT2D eigenvalue weighted by Gasteiger charge is 2.28. The molecule has 3 amide bonds. The van der Waals surface area contributed by atoms with Crippen LogP contribution in [0.5, 0.6) is 0 Å². The van der Waals surface area contributed by atoms with Crippen LogP contribution >= 0.6 is 0 Å². The number of carbonyl (C=O) groups is 4. The maximum Gasteiger partial charge on any atom is 0.326 e. The van der Waals surface area contributed by atoms with Gasteiger partial charge in [0.25, 0.3) is 0 Å². The van der Waals surface area contributed by atoms with Gasteiger partial charge in [0.1, 0.15) is 18.1 Å². The molecule has 0 radical (unpaired) electrons. The van der Waals surface area contributed by atoms with E-state index in [4.69, 9.17) is 28.5 Å². The minimum atomic E-state index is -1.22. The van der Waals surface area contributed by atoms with E-state index >= 15 is 0 Å². The summed E-state index contributed by atoms with van der Waals surface area (Å²) in [4.78, 5) is 55.9. The first kappa shape index (κ1) is 33.4. The molecule has 0 aliphatic rings. The molecule has 0 saturated heterocycles. The number of guanidine groups is 1. The molecular weight excluding hydrogens is 486 g/mol. The third-order valence-corrected chi connectivity index (χ3v) is 5.32. The smallest absolute Gasteiger partial charge is 0.326 e. The van der Waals surface area contributed by atoms with Crippen molar-refractivity contribution in [2.45, 2.75) is 82.5 Å². The molecule has 0 aliphatic heterocycles. The average Bonchev–Trinajstić information content (AvgIpc) is 2.84. The lowest BCUT2D eigenvalue weighted by molar-refractivity contribution is -0.142. The summed E-state index contributed by atoms with van der Waals surface area (Å²) < 4.78 is 0. The van der Waals surface area contributed by atoms with Gasteiger partial charge < -0.3 is 44.0 Å². The minimum absolute atomic E-state index is 0.0617. The van der Waals surface area contributed by atoms with Crippen LogP contribution in [0, 0.1) is 0 Å². The van der Waals surface area contributed by atoms with Gasteiger partial charge in [-0.2, -0.15) is 0 Å². The van der Waals surface area contributed by atoms with Gasteiger partial charge in [-0.05, 0) is 63.9 Å². The van der Waals surface area contributed by atoms with Gasteiger partial charge in [-0.1, -0.05) is 11.5 Å². The van der Waals surface area contributed by atoms with Gasteiger partial charge >= 0.3 is 5.97 Å². The van der Waals surface area contributed by atoms with E-state index in [1.807, 2.05) is 0 Å². The highest BCUT2D eigenvalue weighted by Crippen LogP contribution is 2.06. The topological polar surface area (TPSA) is 290 Å². The molecule has 37 heavy (non-hydrogen) atoms. The summed E-state index contributed by atoms with van der Waals surface area (Å²) in [6, 6.07) is -4.10. The summed E-state index contributed by atoms with van der Waals surface area (Å²) >= 11 is 0. The SMILES string of the molecule is C[C@H](NC(=O)[C@@H](N)CCCN=C(N)N)C(=O)N[C@@H](CCCCN)C(=O)N[C@@H](CCCCN=[N+]=[N-])C(=O)O. The Balaban J connectivity index is 5.02. The molecule has 16 nitrogen and oxygen atoms in total. The molecule has 0 fully saturated rings. The van der Waals surface area contributed by atoms with Crippen LogP contribution in [0.15, 0.2) is 10.1 Å². The predicted octanol–water partition coefficient (Wildman–Crippen LogP) is -1.46. The number of nitrogens with one attached hydrogen (secondary N) is 3. The number of carbonyl (C=O) groups excluding carboxylic acids is 3. The average molecular weight is 528 g/mol. The Labute approximate surface area is 216 Å². The number of carboxylic acids is 1. The van der Waals surface area contributed by atoms with Crippen molar-refractivity contribution in [2.24, 2.45) is 33.0 Å². The number of aliphatic imine (C=N–C) groups is 1. The quantitative estimate of drug-likeness (QED) is 0.0229. The molecule has 0 rings (SSSR count). The Hall–Kier alpha value is -3.62. The molecule has 0 spiro atoms. The summed E-state index contributed by atoms with van der Waals surface area (Å²) in [5.41, 5.74) is 30.2. The minimum Gasteiger partial charge on any atom is -0.480 e. The summed E-state index contributed by atoms with van der Waals surface area (Å²) in [7, 11) is 0. The Morgan fingerprint density at radius 1 is 0.865 bits per heavy atom. The lowest BCUT2D eigenvalue weighted by Gasteiger charge is -2.24. The molecule has 16 heteroatoms. The first-order valence-corrected chi connectivity index (χ1v) is 12.2. The normalized spacial score (nSPS) is 13.7. The molecule has 12 N–H and O–H groups in total. The molecule has 0 aromatic rings. The van der Waals surface area contributed by atoms with Crippen molar-refractivity contribution in [1.29, 1.82) is 0 Å². The first-order valence-electron chi connectivity index (χ1n) is 12.2. The monoisotopic (exact) mass is 527 g/mol. The zero-order chi connectivity index (χ0) is 28.2. The molecule has 0 heterocycles. The fourth-order valence-corrected chi connectivity index (χ4v) is 3.20. The van der Waals surface area contributed by atoms with E-state index < -0.39 is 47.9 Å². The van der Waals surface area contributed by atoms with E-state index in [2.05, 4.69) is 31.0 Å². The van der Waals surface area contributed by atoms with Crippen LogP contribution in [0.2, 0.25) is 0 Å². The van der Waals surface area contributed by atoms with Crippen LogP contribution in [-0.2, 0) is 19.2 Å². The molecular formula is C21H41N11O5. The van der Waals surface area contributed by atoms with Crippen LogP contribution in [0.3, 0.4) is 0 Å². The Bertz CT molecular complexity index is 813. The van der Waals surface area contributed by atoms with E-state index in [-0.39, 0.29) is 25.3 Å². The third kappa shape index (κ3) is 15.9. The largest absolute Gasteiger partial charge is 0.480 e. The van der Waals surface area contributed by atoms with Crippen molar-refractivity contribution in [2.75, 3.05) is 19.6 Å². The number of aliphatic carboxylic acids is 1. The molecule has 0 aliphatic carbocycles. The van der Waals surface area contributed by atoms with E-state index in [1.165, 1.54) is 6.92 Å². The molecule has 210 valence electrons. The first-order chi connectivity index (χ1) is 17.5. The maximum absolute atomic E-state index is 12.8. The van der Waals surface area contributed by atoms with Crippen molar-refractivity contribution < 1.29 is 24.3 Å². The highest BCUT2D eigenvalue weighted by molar-refractivity contribution is 5.93. The third-order valence-electron chi connectivity index (χ3n) is 5.32. The fraction of sp³-hybridized carbons (Fsp3) is 0.762. The number of nitrogens with zero attached hydrogens (tertiary/aromatic N) is 4. The second-order valence-corrected chi connectivity index (χ2v) is 8.48. The van der Waals surface area contributed by atoms with Gasteiger partial charge in [-0.15, -0.1) is 0 Å². The number of carboxylic acid groups (broad SMARTS) is 1. The molecule has 0 aromatic heterocycles. The lowest BCUT2D eigenvalue weighted by atomic mass is 10.1. The number of unbranched alkanes of at least 4 members (excludes halogenated alkanes) is 2. The number of amides is 3. The number of azide groups is 1. The van der Waals surface area contributed by atoms with Crippen LogP contribution in [0.1, 0.15) is 58.3 Å². The summed E-state index contributed by atoms with van der Waals surface area (Å²) in [6.45, 7) is 2.36. The van der Waals surface area contributed by atoms with Crippen molar-refractivity contribution >= 4 is 29.7 Å². The number of hydrogen-bond donors (Lipinski definition) is 8. The molecule has 0 saturated carbocycles. The molecule has 0 aromatic carbocycles. The van der Waals surface area contributed by atoms with Crippen molar-refractivity contribution in [3.8, 4) is 0 Å². The summed E-state index contributed by atoms with van der Waals surface area (Å²) in [5, 5.41) is 20.4. The zero-order valence-corrected chi connectivity index (χ0v) is 21.3. The van der Waals surface area contributed by atoms with Crippen LogP contribution in [0.4, 0.5) is 0 Å². The van der Waals surface area contributed by atoms with Gasteiger partial charge in [0.05, 0.1) is 6.04 Å².